The van der Waals surface area contributed by atoms with E-state index in [2.05, 4.69) is 0 Å². The monoisotopic (exact) mass is 366 g/mol. The molecule has 2 aromatic rings. The summed E-state index contributed by atoms with van der Waals surface area (Å²) in [6.45, 7) is 0. The first-order valence-corrected chi connectivity index (χ1v) is 9.03. The first kappa shape index (κ1) is 17.5. The molecule has 1 fully saturated rings. The highest BCUT2D eigenvalue weighted by Gasteiger charge is 2.41. The van der Waals surface area contributed by atoms with Crippen molar-refractivity contribution < 1.29 is 23.5 Å². The van der Waals surface area contributed by atoms with E-state index in [1.165, 1.54) is 30.5 Å². The predicted octanol–water partition coefficient (Wildman–Crippen LogP) is 4.16. The number of benzene rings is 2. The molecule has 2 aromatic carbocycles. The van der Waals surface area contributed by atoms with E-state index in [0.29, 0.717) is 30.4 Å². The molecule has 0 aromatic heterocycles. The van der Waals surface area contributed by atoms with Crippen LogP contribution in [0.3, 0.4) is 0 Å². The third-order valence-corrected chi connectivity index (χ3v) is 5.14. The van der Waals surface area contributed by atoms with Crippen molar-refractivity contribution in [3.8, 4) is 0 Å². The normalized spacial score (nSPS) is 24.4. The Morgan fingerprint density at radius 3 is 2.52 bits per heavy atom. The van der Waals surface area contributed by atoms with Crippen molar-refractivity contribution in [2.45, 2.75) is 31.5 Å². The van der Waals surface area contributed by atoms with Crippen LogP contribution in [0, 0.1) is 11.7 Å². The first-order valence-electron chi connectivity index (χ1n) is 9.03. The van der Waals surface area contributed by atoms with Gasteiger partial charge in [0.1, 0.15) is 18.0 Å². The zero-order valence-corrected chi connectivity index (χ0v) is 14.6. The third-order valence-electron chi connectivity index (χ3n) is 5.14. The van der Waals surface area contributed by atoms with Gasteiger partial charge >= 0.3 is 5.97 Å². The molecule has 4 rings (SSSR count). The molecule has 0 N–H and O–H groups in total. The summed E-state index contributed by atoms with van der Waals surface area (Å²) in [6.07, 6.45) is 2.61. The standard InChI is InChI=1S/C22H19FO4/c23-16-8-6-15(7-9-16)22(25)27-17-10-11-18-20(12-17)26-13-19(21(18)24)14-4-2-1-3-5-14/h1-9,13,17-18,20H,10-12H2. The number of carbonyl (C=O) groups excluding carboxylic acids is 2. The summed E-state index contributed by atoms with van der Waals surface area (Å²) in [5, 5.41) is 0. The average molecular weight is 366 g/mol. The molecule has 1 aliphatic heterocycles. The molecule has 3 atom stereocenters. The topological polar surface area (TPSA) is 52.6 Å². The molecular weight excluding hydrogens is 347 g/mol. The van der Waals surface area contributed by atoms with E-state index in [-0.39, 0.29) is 23.9 Å². The van der Waals surface area contributed by atoms with Crippen LogP contribution in [0.2, 0.25) is 0 Å². The van der Waals surface area contributed by atoms with Gasteiger partial charge in [-0.05, 0) is 42.7 Å². The van der Waals surface area contributed by atoms with Gasteiger partial charge in [-0.15, -0.1) is 0 Å². The van der Waals surface area contributed by atoms with E-state index < -0.39 is 11.8 Å². The molecule has 0 spiro atoms. The van der Waals surface area contributed by atoms with Crippen LogP contribution in [0.25, 0.3) is 5.57 Å². The van der Waals surface area contributed by atoms with Crippen LogP contribution in [-0.4, -0.2) is 24.0 Å². The number of hydrogen-bond acceptors (Lipinski definition) is 4. The predicted molar refractivity (Wildman–Crippen MR) is 97.2 cm³/mol. The smallest absolute Gasteiger partial charge is 0.338 e. The lowest BCUT2D eigenvalue weighted by Gasteiger charge is -2.37. The van der Waals surface area contributed by atoms with Gasteiger partial charge in [0.2, 0.25) is 0 Å². The molecule has 27 heavy (non-hydrogen) atoms. The Hall–Kier alpha value is -2.95. The fourth-order valence-electron chi connectivity index (χ4n) is 3.70. The Bertz CT molecular complexity index is 873. The van der Waals surface area contributed by atoms with Crippen LogP contribution in [0.5, 0.6) is 0 Å². The van der Waals surface area contributed by atoms with Crippen LogP contribution >= 0.6 is 0 Å². The van der Waals surface area contributed by atoms with E-state index in [1.807, 2.05) is 30.3 Å². The summed E-state index contributed by atoms with van der Waals surface area (Å²) in [5.74, 6) is -1.02. The highest BCUT2D eigenvalue weighted by Crippen LogP contribution is 2.37. The van der Waals surface area contributed by atoms with Crippen molar-refractivity contribution in [1.29, 1.82) is 0 Å². The fraction of sp³-hybridized carbons (Fsp3) is 0.273. The zero-order chi connectivity index (χ0) is 18.8. The van der Waals surface area contributed by atoms with Crippen LogP contribution in [0.4, 0.5) is 4.39 Å². The zero-order valence-electron chi connectivity index (χ0n) is 14.6. The highest BCUT2D eigenvalue weighted by molar-refractivity contribution is 6.22. The van der Waals surface area contributed by atoms with Gasteiger partial charge in [-0.3, -0.25) is 4.79 Å². The van der Waals surface area contributed by atoms with Gasteiger partial charge in [0.25, 0.3) is 0 Å². The number of allylic oxidation sites excluding steroid dienone is 1. The van der Waals surface area contributed by atoms with Gasteiger partial charge in [0.15, 0.2) is 5.78 Å². The Kier molecular flexibility index (Phi) is 4.75. The molecule has 138 valence electrons. The minimum atomic E-state index is -0.485. The number of hydrogen-bond donors (Lipinski definition) is 0. The average Bonchev–Trinajstić information content (AvgIpc) is 2.69. The Labute approximate surface area is 156 Å². The lowest BCUT2D eigenvalue weighted by molar-refractivity contribution is -0.126. The van der Waals surface area contributed by atoms with Crippen molar-refractivity contribution in [3.05, 3.63) is 77.8 Å². The Morgan fingerprint density at radius 2 is 1.78 bits per heavy atom. The number of esters is 1. The number of halogens is 1. The molecule has 4 nitrogen and oxygen atoms in total. The SMILES string of the molecule is O=C(OC1CCC2C(=O)C(c3ccccc3)=COC2C1)c1ccc(F)cc1. The summed E-state index contributed by atoms with van der Waals surface area (Å²) >= 11 is 0. The van der Waals surface area contributed by atoms with Crippen molar-refractivity contribution in [2.24, 2.45) is 5.92 Å². The second kappa shape index (κ2) is 7.35. The van der Waals surface area contributed by atoms with Crippen LogP contribution < -0.4 is 0 Å². The van der Waals surface area contributed by atoms with Crippen molar-refractivity contribution in [1.82, 2.24) is 0 Å². The van der Waals surface area contributed by atoms with Gasteiger partial charge in [-0.1, -0.05) is 30.3 Å². The van der Waals surface area contributed by atoms with Crippen LogP contribution in [0.15, 0.2) is 60.9 Å². The van der Waals surface area contributed by atoms with Gasteiger partial charge < -0.3 is 9.47 Å². The maximum absolute atomic E-state index is 13.0. The molecule has 1 saturated carbocycles. The van der Waals surface area contributed by atoms with E-state index in [9.17, 15) is 14.0 Å². The minimum Gasteiger partial charge on any atom is -0.496 e. The maximum Gasteiger partial charge on any atom is 0.338 e. The maximum atomic E-state index is 13.0. The molecule has 0 saturated heterocycles. The van der Waals surface area contributed by atoms with Gasteiger partial charge in [0, 0.05) is 6.42 Å². The van der Waals surface area contributed by atoms with E-state index in [1.54, 1.807) is 0 Å². The Morgan fingerprint density at radius 1 is 1.04 bits per heavy atom. The van der Waals surface area contributed by atoms with Crippen molar-refractivity contribution >= 4 is 17.3 Å². The molecule has 0 bridgehead atoms. The minimum absolute atomic E-state index is 0.0840. The highest BCUT2D eigenvalue weighted by atomic mass is 19.1. The van der Waals surface area contributed by atoms with Crippen molar-refractivity contribution in [3.63, 3.8) is 0 Å². The summed E-state index contributed by atoms with van der Waals surface area (Å²) in [4.78, 5) is 25.1. The van der Waals surface area contributed by atoms with Crippen molar-refractivity contribution in [2.75, 3.05) is 0 Å². The second-order valence-electron chi connectivity index (χ2n) is 6.89. The first-order chi connectivity index (χ1) is 13.1. The number of carbonyl (C=O) groups is 2. The summed E-state index contributed by atoms with van der Waals surface area (Å²) in [6, 6.07) is 14.7. The van der Waals surface area contributed by atoms with E-state index in [4.69, 9.17) is 9.47 Å². The molecule has 3 unspecified atom stereocenters. The van der Waals surface area contributed by atoms with Gasteiger partial charge in [0.05, 0.1) is 23.3 Å². The summed E-state index contributed by atoms with van der Waals surface area (Å²) in [5.41, 5.74) is 1.76. The number of Topliss-reactive ketones (excluding diaryl/α,β-unsaturated/α-hetero) is 1. The molecule has 0 amide bonds. The quantitative estimate of drug-likeness (QED) is 0.766. The Balaban J connectivity index is 1.42. The number of rotatable bonds is 3. The molecule has 5 heteroatoms. The van der Waals surface area contributed by atoms with Gasteiger partial charge in [-0.25, -0.2) is 9.18 Å². The van der Waals surface area contributed by atoms with Gasteiger partial charge in [-0.2, -0.15) is 0 Å². The fourth-order valence-corrected chi connectivity index (χ4v) is 3.70. The molecule has 1 aliphatic carbocycles. The lowest BCUT2D eigenvalue weighted by Crippen LogP contribution is -2.41. The number of fused-ring (bicyclic) bond motifs is 1. The lowest BCUT2D eigenvalue weighted by atomic mass is 9.78. The number of ketones is 1. The van der Waals surface area contributed by atoms with E-state index in [0.717, 1.165) is 5.56 Å². The molecule has 0 radical (unpaired) electrons. The number of ether oxygens (including phenoxy) is 2. The molecule has 1 heterocycles. The van der Waals surface area contributed by atoms with Crippen LogP contribution in [0.1, 0.15) is 35.2 Å². The summed E-state index contributed by atoms with van der Waals surface area (Å²) < 4.78 is 24.3. The van der Waals surface area contributed by atoms with E-state index >= 15 is 0 Å². The molecular formula is C22H19FO4. The third kappa shape index (κ3) is 3.63. The largest absolute Gasteiger partial charge is 0.496 e. The van der Waals surface area contributed by atoms with Crippen LogP contribution in [-0.2, 0) is 14.3 Å². The summed E-state index contributed by atoms with van der Waals surface area (Å²) in [7, 11) is 0. The second-order valence-corrected chi connectivity index (χ2v) is 6.89. The molecule has 2 aliphatic rings.